The summed E-state index contributed by atoms with van der Waals surface area (Å²) in [6, 6.07) is 13.5. The molecule has 1 N–H and O–H groups in total. The number of benzene rings is 2. The van der Waals surface area contributed by atoms with Crippen molar-refractivity contribution in [1.29, 1.82) is 0 Å². The Morgan fingerprint density at radius 1 is 1.04 bits per heavy atom. The molecule has 0 fully saturated rings. The maximum atomic E-state index is 12.8. The molecule has 0 saturated heterocycles. The lowest BCUT2D eigenvalue weighted by Gasteiger charge is -2.28. The second-order valence-corrected chi connectivity index (χ2v) is 5.88. The predicted octanol–water partition coefficient (Wildman–Crippen LogP) is 2.37. The number of carbonyl (C=O) groups is 2. The lowest BCUT2D eigenvalue weighted by molar-refractivity contribution is -0.138. The molecule has 1 aliphatic rings. The van der Waals surface area contributed by atoms with Gasteiger partial charge >= 0.3 is 0 Å². The van der Waals surface area contributed by atoms with E-state index in [2.05, 4.69) is 11.4 Å². The third-order valence-corrected chi connectivity index (χ3v) is 4.07. The van der Waals surface area contributed by atoms with Gasteiger partial charge in [-0.2, -0.15) is 0 Å². The van der Waals surface area contributed by atoms with Crippen LogP contribution in [0.4, 0.5) is 10.1 Å². The van der Waals surface area contributed by atoms with Gasteiger partial charge in [0.1, 0.15) is 19.0 Å². The third kappa shape index (κ3) is 4.64. The van der Waals surface area contributed by atoms with Crippen LogP contribution in [0.5, 0.6) is 0 Å². The minimum atomic E-state index is -0.386. The van der Waals surface area contributed by atoms with E-state index in [4.69, 9.17) is 4.74 Å². The van der Waals surface area contributed by atoms with Gasteiger partial charge in [-0.15, -0.1) is 0 Å². The van der Waals surface area contributed by atoms with Crippen molar-refractivity contribution in [3.05, 3.63) is 65.5 Å². The number of halogens is 1. The van der Waals surface area contributed by atoms with Crippen LogP contribution in [-0.4, -0.2) is 36.5 Å². The lowest BCUT2D eigenvalue weighted by Crippen LogP contribution is -2.38. The molecule has 0 saturated carbocycles. The summed E-state index contributed by atoms with van der Waals surface area (Å²) < 4.78 is 18.0. The molecule has 0 spiro atoms. The Balaban J connectivity index is 1.42. The van der Waals surface area contributed by atoms with Crippen LogP contribution >= 0.6 is 0 Å². The molecular weight excluding hydrogens is 323 g/mol. The van der Waals surface area contributed by atoms with Gasteiger partial charge in [0.15, 0.2) is 0 Å². The molecule has 0 bridgehead atoms. The minimum Gasteiger partial charge on any atom is -0.362 e. The van der Waals surface area contributed by atoms with Crippen molar-refractivity contribution < 1.29 is 18.7 Å². The van der Waals surface area contributed by atoms with Gasteiger partial charge in [-0.3, -0.25) is 9.59 Å². The fourth-order valence-electron chi connectivity index (χ4n) is 2.76. The summed E-state index contributed by atoms with van der Waals surface area (Å²) >= 11 is 0. The Kier molecular flexibility index (Phi) is 5.40. The first-order chi connectivity index (χ1) is 12.1. The SMILES string of the molecule is O=C(COCC(=O)N1CCc2ccccc2C1)Nc1ccc(F)cc1. The van der Waals surface area contributed by atoms with Gasteiger partial charge in [0.2, 0.25) is 11.8 Å². The zero-order valence-corrected chi connectivity index (χ0v) is 13.7. The molecule has 0 atom stereocenters. The van der Waals surface area contributed by atoms with E-state index in [1.807, 2.05) is 18.2 Å². The average molecular weight is 342 g/mol. The summed E-state index contributed by atoms with van der Waals surface area (Å²) in [6.45, 7) is 0.855. The number of hydrogen-bond donors (Lipinski definition) is 1. The molecule has 130 valence electrons. The molecule has 0 aromatic heterocycles. The number of nitrogens with zero attached hydrogens (tertiary/aromatic N) is 1. The molecule has 1 heterocycles. The highest BCUT2D eigenvalue weighted by molar-refractivity contribution is 5.91. The van der Waals surface area contributed by atoms with Gasteiger partial charge < -0.3 is 15.0 Å². The number of ether oxygens (including phenoxy) is 1. The Bertz CT molecular complexity index is 762. The minimum absolute atomic E-state index is 0.135. The molecule has 0 aliphatic carbocycles. The number of amides is 2. The first-order valence-corrected chi connectivity index (χ1v) is 8.09. The summed E-state index contributed by atoms with van der Waals surface area (Å²) in [5.41, 5.74) is 2.90. The number of nitrogens with one attached hydrogen (secondary N) is 1. The highest BCUT2D eigenvalue weighted by Gasteiger charge is 2.20. The molecular formula is C19H19FN2O3. The standard InChI is InChI=1S/C19H19FN2O3/c20-16-5-7-17(8-6-16)21-18(23)12-25-13-19(24)22-10-9-14-3-1-2-4-15(14)11-22/h1-8H,9-13H2,(H,21,23). The van der Waals surface area contributed by atoms with Crippen molar-refractivity contribution in [2.75, 3.05) is 25.1 Å². The van der Waals surface area contributed by atoms with Crippen LogP contribution in [0.2, 0.25) is 0 Å². The molecule has 0 unspecified atom stereocenters. The van der Waals surface area contributed by atoms with E-state index in [1.165, 1.54) is 29.8 Å². The van der Waals surface area contributed by atoms with Crippen molar-refractivity contribution >= 4 is 17.5 Å². The molecule has 25 heavy (non-hydrogen) atoms. The first kappa shape index (κ1) is 17.1. The number of anilines is 1. The molecule has 3 rings (SSSR count). The highest BCUT2D eigenvalue weighted by atomic mass is 19.1. The van der Waals surface area contributed by atoms with E-state index >= 15 is 0 Å². The van der Waals surface area contributed by atoms with Crippen LogP contribution in [0.25, 0.3) is 0 Å². The summed E-state index contributed by atoms with van der Waals surface area (Å²) in [7, 11) is 0. The van der Waals surface area contributed by atoms with Crippen LogP contribution in [0, 0.1) is 5.82 Å². The Hall–Kier alpha value is -2.73. The van der Waals surface area contributed by atoms with E-state index < -0.39 is 0 Å². The van der Waals surface area contributed by atoms with Crippen LogP contribution in [0.3, 0.4) is 0 Å². The summed E-state index contributed by atoms with van der Waals surface area (Å²) in [5, 5.41) is 2.58. The van der Waals surface area contributed by atoms with E-state index in [0.717, 1.165) is 12.0 Å². The van der Waals surface area contributed by atoms with Gasteiger partial charge in [-0.25, -0.2) is 4.39 Å². The molecule has 2 aromatic carbocycles. The van der Waals surface area contributed by atoms with Crippen molar-refractivity contribution in [2.24, 2.45) is 0 Å². The fraction of sp³-hybridized carbons (Fsp3) is 0.263. The summed E-state index contributed by atoms with van der Waals surface area (Å²) in [4.78, 5) is 25.7. The number of fused-ring (bicyclic) bond motifs is 1. The van der Waals surface area contributed by atoms with E-state index in [0.29, 0.717) is 18.8 Å². The van der Waals surface area contributed by atoms with E-state index in [1.54, 1.807) is 4.90 Å². The maximum absolute atomic E-state index is 12.8. The molecule has 5 nitrogen and oxygen atoms in total. The Morgan fingerprint density at radius 2 is 1.76 bits per heavy atom. The predicted molar refractivity (Wildman–Crippen MR) is 91.4 cm³/mol. The van der Waals surface area contributed by atoms with Gasteiger partial charge in [0, 0.05) is 18.8 Å². The van der Waals surface area contributed by atoms with Gasteiger partial charge in [-0.05, 0) is 41.8 Å². The Labute approximate surface area is 145 Å². The number of carbonyl (C=O) groups excluding carboxylic acids is 2. The third-order valence-electron chi connectivity index (χ3n) is 4.07. The number of hydrogen-bond acceptors (Lipinski definition) is 3. The molecule has 0 radical (unpaired) electrons. The quantitative estimate of drug-likeness (QED) is 0.907. The smallest absolute Gasteiger partial charge is 0.250 e. The average Bonchev–Trinajstić information content (AvgIpc) is 2.63. The van der Waals surface area contributed by atoms with E-state index in [9.17, 15) is 14.0 Å². The monoisotopic (exact) mass is 342 g/mol. The van der Waals surface area contributed by atoms with Gasteiger partial charge in [0.05, 0.1) is 0 Å². The van der Waals surface area contributed by atoms with Crippen molar-refractivity contribution in [3.8, 4) is 0 Å². The summed E-state index contributed by atoms with van der Waals surface area (Å²) in [5.74, 6) is -0.893. The first-order valence-electron chi connectivity index (χ1n) is 8.09. The molecule has 6 heteroatoms. The van der Waals surface area contributed by atoms with Crippen LogP contribution in [0.15, 0.2) is 48.5 Å². The van der Waals surface area contributed by atoms with Crippen LogP contribution in [-0.2, 0) is 27.3 Å². The normalized spacial score (nSPS) is 13.2. The topological polar surface area (TPSA) is 58.6 Å². The van der Waals surface area contributed by atoms with Crippen molar-refractivity contribution in [3.63, 3.8) is 0 Å². The molecule has 1 aliphatic heterocycles. The van der Waals surface area contributed by atoms with Gasteiger partial charge in [-0.1, -0.05) is 24.3 Å². The highest BCUT2D eigenvalue weighted by Crippen LogP contribution is 2.18. The fourth-order valence-corrected chi connectivity index (χ4v) is 2.76. The summed E-state index contributed by atoms with van der Waals surface area (Å²) in [6.07, 6.45) is 0.826. The van der Waals surface area contributed by atoms with Crippen molar-refractivity contribution in [1.82, 2.24) is 4.90 Å². The van der Waals surface area contributed by atoms with Crippen LogP contribution < -0.4 is 5.32 Å². The van der Waals surface area contributed by atoms with E-state index in [-0.39, 0.29) is 30.8 Å². The maximum Gasteiger partial charge on any atom is 0.250 e. The van der Waals surface area contributed by atoms with Gasteiger partial charge in [0.25, 0.3) is 0 Å². The van der Waals surface area contributed by atoms with Crippen LogP contribution in [0.1, 0.15) is 11.1 Å². The second kappa shape index (κ2) is 7.90. The zero-order chi connectivity index (χ0) is 17.6. The number of rotatable bonds is 5. The second-order valence-electron chi connectivity index (χ2n) is 5.88. The Morgan fingerprint density at radius 3 is 2.52 bits per heavy atom. The lowest BCUT2D eigenvalue weighted by atomic mass is 10.00. The largest absolute Gasteiger partial charge is 0.362 e. The molecule has 2 amide bonds. The zero-order valence-electron chi connectivity index (χ0n) is 13.7. The molecule has 2 aromatic rings. The van der Waals surface area contributed by atoms with Crippen molar-refractivity contribution in [2.45, 2.75) is 13.0 Å².